The van der Waals surface area contributed by atoms with Gasteiger partial charge < -0.3 is 5.11 Å². The molecule has 1 heterocycles. The second-order valence-corrected chi connectivity index (χ2v) is 8.78. The van der Waals surface area contributed by atoms with Gasteiger partial charge in [-0.15, -0.1) is 0 Å². The number of aromatic hydroxyl groups is 1. The number of pyridine rings is 1. The summed E-state index contributed by atoms with van der Waals surface area (Å²) in [4.78, 5) is 4.47. The van der Waals surface area contributed by atoms with Gasteiger partial charge >= 0.3 is 0 Å². The van der Waals surface area contributed by atoms with Crippen LogP contribution < -0.4 is 0 Å². The standard InChI is InChI=1S/C23H27NO/c1-23-10-4-5-20(23)17-8-7-15-13-22(25)19(21-6-2-3-12-24-21)14-18(15)16(17)9-11-23/h2-3,6,12-14,16-17,20,25H,4-5,7-11H2,1H3/t16-,17+,20-,23-/m0/s1. The molecule has 1 aromatic heterocycles. The third-order valence-corrected chi connectivity index (χ3v) is 7.56. The summed E-state index contributed by atoms with van der Waals surface area (Å²) in [6.45, 7) is 2.55. The first kappa shape index (κ1) is 15.4. The summed E-state index contributed by atoms with van der Waals surface area (Å²) in [5.74, 6) is 2.82. The molecule has 2 aromatic rings. The monoisotopic (exact) mass is 333 g/mol. The summed E-state index contributed by atoms with van der Waals surface area (Å²) in [6.07, 6.45) is 11.2. The van der Waals surface area contributed by atoms with Crippen molar-refractivity contribution in [3.63, 3.8) is 0 Å². The molecule has 0 amide bonds. The Kier molecular flexibility index (Phi) is 3.45. The number of aryl methyl sites for hydroxylation is 1. The second kappa shape index (κ2) is 5.59. The molecule has 2 fully saturated rings. The van der Waals surface area contributed by atoms with Crippen LogP contribution in [0.25, 0.3) is 11.3 Å². The lowest BCUT2D eigenvalue weighted by molar-refractivity contribution is 0.0598. The van der Waals surface area contributed by atoms with E-state index in [9.17, 15) is 5.11 Å². The zero-order chi connectivity index (χ0) is 17.0. The number of phenols is 1. The molecule has 1 aromatic carbocycles. The molecule has 0 aliphatic heterocycles. The summed E-state index contributed by atoms with van der Waals surface area (Å²) in [6, 6.07) is 10.2. The van der Waals surface area contributed by atoms with E-state index in [1.807, 2.05) is 30.5 Å². The van der Waals surface area contributed by atoms with Gasteiger partial charge in [-0.3, -0.25) is 4.98 Å². The van der Waals surface area contributed by atoms with E-state index >= 15 is 0 Å². The van der Waals surface area contributed by atoms with E-state index in [0.29, 0.717) is 17.1 Å². The van der Waals surface area contributed by atoms with Crippen molar-refractivity contribution in [2.45, 2.75) is 57.8 Å². The predicted molar refractivity (Wildman–Crippen MR) is 101 cm³/mol. The van der Waals surface area contributed by atoms with Gasteiger partial charge in [0.1, 0.15) is 5.75 Å². The maximum Gasteiger partial charge on any atom is 0.125 e. The average Bonchev–Trinajstić information content (AvgIpc) is 3.03. The Morgan fingerprint density at radius 3 is 2.88 bits per heavy atom. The topological polar surface area (TPSA) is 33.1 Å². The Bertz CT molecular complexity index is 799. The van der Waals surface area contributed by atoms with E-state index in [4.69, 9.17) is 0 Å². The molecular weight excluding hydrogens is 306 g/mol. The second-order valence-electron chi connectivity index (χ2n) is 8.78. The van der Waals surface area contributed by atoms with Gasteiger partial charge in [-0.25, -0.2) is 0 Å². The smallest absolute Gasteiger partial charge is 0.125 e. The van der Waals surface area contributed by atoms with Crippen molar-refractivity contribution in [1.29, 1.82) is 0 Å². The van der Waals surface area contributed by atoms with Crippen LogP contribution in [0.15, 0.2) is 36.5 Å². The van der Waals surface area contributed by atoms with Crippen molar-refractivity contribution >= 4 is 0 Å². The Morgan fingerprint density at radius 1 is 1.12 bits per heavy atom. The Balaban J connectivity index is 1.57. The quantitative estimate of drug-likeness (QED) is 0.726. The van der Waals surface area contributed by atoms with Crippen molar-refractivity contribution in [2.75, 3.05) is 0 Å². The molecule has 2 saturated carbocycles. The third-order valence-electron chi connectivity index (χ3n) is 7.56. The highest BCUT2D eigenvalue weighted by atomic mass is 16.3. The Labute approximate surface area is 150 Å². The highest BCUT2D eigenvalue weighted by molar-refractivity contribution is 5.69. The number of fused-ring (bicyclic) bond motifs is 5. The molecule has 0 unspecified atom stereocenters. The number of hydrogen-bond donors (Lipinski definition) is 1. The Morgan fingerprint density at radius 2 is 2.04 bits per heavy atom. The van der Waals surface area contributed by atoms with Gasteiger partial charge in [0.05, 0.1) is 5.69 Å². The molecule has 0 radical (unpaired) electrons. The van der Waals surface area contributed by atoms with E-state index in [-0.39, 0.29) is 0 Å². The highest BCUT2D eigenvalue weighted by Crippen LogP contribution is 2.61. The van der Waals surface area contributed by atoms with E-state index in [1.54, 1.807) is 0 Å². The van der Waals surface area contributed by atoms with Crippen LogP contribution in [0.1, 0.15) is 62.5 Å². The van der Waals surface area contributed by atoms with E-state index in [2.05, 4.69) is 18.0 Å². The van der Waals surface area contributed by atoms with E-state index in [1.165, 1.54) is 49.7 Å². The molecule has 0 spiro atoms. The first-order valence-electron chi connectivity index (χ1n) is 9.93. The zero-order valence-electron chi connectivity index (χ0n) is 15.0. The van der Waals surface area contributed by atoms with Gasteiger partial charge in [0.15, 0.2) is 0 Å². The fourth-order valence-electron chi connectivity index (χ4n) is 6.33. The van der Waals surface area contributed by atoms with Crippen LogP contribution in [0.4, 0.5) is 0 Å². The predicted octanol–water partition coefficient (Wildman–Crippen LogP) is 5.70. The van der Waals surface area contributed by atoms with Gasteiger partial charge in [0.25, 0.3) is 0 Å². The summed E-state index contributed by atoms with van der Waals surface area (Å²) >= 11 is 0. The van der Waals surface area contributed by atoms with Crippen LogP contribution in [0.3, 0.4) is 0 Å². The molecule has 4 atom stereocenters. The fraction of sp³-hybridized carbons (Fsp3) is 0.522. The van der Waals surface area contributed by atoms with Crippen LogP contribution in [0, 0.1) is 17.3 Å². The fourth-order valence-corrected chi connectivity index (χ4v) is 6.33. The van der Waals surface area contributed by atoms with Crippen molar-refractivity contribution < 1.29 is 5.11 Å². The maximum absolute atomic E-state index is 10.6. The number of rotatable bonds is 1. The van der Waals surface area contributed by atoms with Crippen LogP contribution in [0.5, 0.6) is 5.75 Å². The molecule has 3 aliphatic rings. The Hall–Kier alpha value is -1.83. The van der Waals surface area contributed by atoms with Gasteiger partial charge in [0.2, 0.25) is 0 Å². The number of aromatic nitrogens is 1. The van der Waals surface area contributed by atoms with Gasteiger partial charge in [-0.2, -0.15) is 0 Å². The number of phenolic OH excluding ortho intramolecular Hbond substituents is 1. The summed E-state index contributed by atoms with van der Waals surface area (Å²) in [5.41, 5.74) is 5.26. The molecular formula is C23H27NO. The minimum atomic E-state index is 0.386. The molecule has 130 valence electrons. The largest absolute Gasteiger partial charge is 0.507 e. The number of hydrogen-bond acceptors (Lipinski definition) is 2. The van der Waals surface area contributed by atoms with Crippen molar-refractivity contribution in [1.82, 2.24) is 4.98 Å². The average molecular weight is 333 g/mol. The van der Waals surface area contributed by atoms with Crippen molar-refractivity contribution in [2.24, 2.45) is 17.3 Å². The van der Waals surface area contributed by atoms with E-state index in [0.717, 1.165) is 29.5 Å². The minimum absolute atomic E-state index is 0.386. The number of nitrogens with zero attached hydrogens (tertiary/aromatic N) is 1. The molecule has 5 rings (SSSR count). The lowest BCUT2D eigenvalue weighted by Gasteiger charge is -2.49. The molecule has 3 aliphatic carbocycles. The van der Waals surface area contributed by atoms with Crippen LogP contribution in [-0.2, 0) is 6.42 Å². The first-order chi connectivity index (χ1) is 12.2. The van der Waals surface area contributed by atoms with E-state index < -0.39 is 0 Å². The molecule has 25 heavy (non-hydrogen) atoms. The molecule has 2 nitrogen and oxygen atoms in total. The highest BCUT2D eigenvalue weighted by Gasteiger charge is 2.50. The van der Waals surface area contributed by atoms with Crippen LogP contribution in [0.2, 0.25) is 0 Å². The maximum atomic E-state index is 10.6. The first-order valence-corrected chi connectivity index (χ1v) is 9.93. The molecule has 0 bridgehead atoms. The van der Waals surface area contributed by atoms with Gasteiger partial charge in [-0.1, -0.05) is 19.4 Å². The molecule has 1 N–H and O–H groups in total. The zero-order valence-corrected chi connectivity index (χ0v) is 15.0. The molecule has 0 saturated heterocycles. The summed E-state index contributed by atoms with van der Waals surface area (Å²) < 4.78 is 0. The minimum Gasteiger partial charge on any atom is -0.507 e. The van der Waals surface area contributed by atoms with Gasteiger partial charge in [0, 0.05) is 11.8 Å². The van der Waals surface area contributed by atoms with Crippen molar-refractivity contribution in [3.05, 3.63) is 47.7 Å². The van der Waals surface area contributed by atoms with Gasteiger partial charge in [-0.05, 0) is 97.1 Å². The number of benzene rings is 1. The van der Waals surface area contributed by atoms with Crippen molar-refractivity contribution in [3.8, 4) is 17.0 Å². The molecule has 2 heteroatoms. The van der Waals surface area contributed by atoms with Crippen LogP contribution >= 0.6 is 0 Å². The SMILES string of the molecule is C[C@@]12CCC[C@H]1[C@@H]1CCc3cc(O)c(-c4ccccn4)cc3[C@H]1CC2. The summed E-state index contributed by atoms with van der Waals surface area (Å²) in [5, 5.41) is 10.6. The lowest BCUT2D eigenvalue weighted by atomic mass is 9.56. The van der Waals surface area contributed by atoms with Crippen LogP contribution in [-0.4, -0.2) is 10.1 Å². The normalized spacial score (nSPS) is 33.4. The lowest BCUT2D eigenvalue weighted by Crippen LogP contribution is -2.39. The summed E-state index contributed by atoms with van der Waals surface area (Å²) in [7, 11) is 0. The third kappa shape index (κ3) is 2.33.